The van der Waals surface area contributed by atoms with E-state index >= 15 is 0 Å². The summed E-state index contributed by atoms with van der Waals surface area (Å²) in [5.74, 6) is -6.40. The molecule has 21 heteroatoms. The average Bonchev–Trinajstić information content (AvgIpc) is 3.03. The molecule has 0 aliphatic rings. The molecule has 0 heterocycles. The lowest BCUT2D eigenvalue weighted by Gasteiger charge is -2.13. The van der Waals surface area contributed by atoms with Gasteiger partial charge < -0.3 is 63.4 Å². The summed E-state index contributed by atoms with van der Waals surface area (Å²) in [5.41, 5.74) is 12.2. The highest BCUT2D eigenvalue weighted by Crippen LogP contribution is 2.14. The lowest BCUT2D eigenvalue weighted by Crippen LogP contribution is -2.44. The number of urea groups is 3. The molecular weight excluding hydrogens is 696 g/mol. The summed E-state index contributed by atoms with van der Waals surface area (Å²) in [6.45, 7) is 0. The first-order valence-electron chi connectivity index (χ1n) is 15.0. The van der Waals surface area contributed by atoms with Gasteiger partial charge in [0.05, 0.1) is 0 Å². The second-order valence-corrected chi connectivity index (χ2v) is 10.4. The van der Waals surface area contributed by atoms with E-state index in [4.69, 9.17) is 36.4 Å². The number of primary amides is 2. The summed E-state index contributed by atoms with van der Waals surface area (Å²) >= 11 is 0. The fourth-order valence-electron chi connectivity index (χ4n) is 3.72. The molecule has 2 atom stereocenters. The summed E-state index contributed by atoms with van der Waals surface area (Å²) in [6, 6.07) is 8.53. The summed E-state index contributed by atoms with van der Waals surface area (Å²) in [4.78, 5) is 95.0. The molecule has 0 saturated carbocycles. The Labute approximate surface area is 295 Å². The molecule has 6 amide bonds. The lowest BCUT2D eigenvalue weighted by atomic mass is 10.1. The second kappa shape index (κ2) is 24.2. The van der Waals surface area contributed by atoms with Gasteiger partial charge in [0.25, 0.3) is 0 Å². The van der Waals surface area contributed by atoms with E-state index < -0.39 is 66.0 Å². The van der Waals surface area contributed by atoms with Gasteiger partial charge in [-0.2, -0.15) is 0 Å². The molecule has 2 aromatic carbocycles. The number of carboxylic acids is 6. The van der Waals surface area contributed by atoms with Gasteiger partial charge in [-0.1, -0.05) is 24.3 Å². The van der Waals surface area contributed by atoms with Crippen LogP contribution in [0.1, 0.15) is 49.7 Å². The molecule has 2 aromatic rings. The third kappa shape index (κ3) is 23.4. The van der Waals surface area contributed by atoms with Gasteiger partial charge in [-0.05, 0) is 54.7 Å². The molecule has 0 aromatic heterocycles. The number of carbonyl (C=O) groups is 9. The van der Waals surface area contributed by atoms with Gasteiger partial charge in [0.15, 0.2) is 0 Å². The van der Waals surface area contributed by atoms with Crippen molar-refractivity contribution in [2.45, 2.75) is 63.5 Å². The molecule has 0 spiro atoms. The zero-order valence-corrected chi connectivity index (χ0v) is 27.4. The Morgan fingerprint density at radius 2 is 0.904 bits per heavy atom. The lowest BCUT2D eigenvalue weighted by molar-refractivity contribution is -0.141. The molecule has 2 unspecified atom stereocenters. The van der Waals surface area contributed by atoms with Crippen LogP contribution in [0.5, 0.6) is 0 Å². The average molecular weight is 737 g/mol. The standard InChI is InChI=1S/C20H22N4O6.C6H10N2O5.C5H8O4/c21-19(29)24-16(18(27)28)11-13-3-8-15(9-4-13)23-20(30)22-14-6-1-12(2-7-14)5-10-17(25)26;7-6(13)8-3(5(11)12)1-2-4(9)10;6-4(7)2-1-3-5(8)9/h1-4,6-9,16H,5,10-11H2,(H,25,26)(H,27,28)(H3,21,24,29)(H2,22,23,30);3H,1-2H2,(H,9,10)(H,11,12)(H3,7,8,13);1-3H2,(H,6,7)(H,8,9). The van der Waals surface area contributed by atoms with Crippen LogP contribution in [0.15, 0.2) is 48.5 Å². The molecule has 21 nitrogen and oxygen atoms in total. The summed E-state index contributed by atoms with van der Waals surface area (Å²) in [6.07, 6.45) is 0.0496. The van der Waals surface area contributed by atoms with Crippen molar-refractivity contribution in [1.29, 1.82) is 0 Å². The fraction of sp³-hybridized carbons (Fsp3) is 0.323. The molecule has 2 rings (SSSR count). The van der Waals surface area contributed by atoms with Crippen LogP contribution in [-0.2, 0) is 41.6 Å². The monoisotopic (exact) mass is 736 g/mol. The van der Waals surface area contributed by atoms with E-state index in [-0.39, 0.29) is 44.9 Å². The summed E-state index contributed by atoms with van der Waals surface area (Å²) < 4.78 is 0. The van der Waals surface area contributed by atoms with E-state index in [1.807, 2.05) is 5.32 Å². The largest absolute Gasteiger partial charge is 0.481 e. The number of benzene rings is 2. The van der Waals surface area contributed by atoms with Crippen molar-refractivity contribution in [3.05, 3.63) is 59.7 Å². The zero-order valence-electron chi connectivity index (χ0n) is 27.4. The van der Waals surface area contributed by atoms with Crippen LogP contribution in [0, 0.1) is 0 Å². The summed E-state index contributed by atoms with van der Waals surface area (Å²) in [5, 5.41) is 59.9. The van der Waals surface area contributed by atoms with Gasteiger partial charge in [-0.3, -0.25) is 19.2 Å². The number of hydrogen-bond acceptors (Lipinski definition) is 9. The molecule has 0 fully saturated rings. The van der Waals surface area contributed by atoms with Crippen LogP contribution >= 0.6 is 0 Å². The van der Waals surface area contributed by atoms with Crippen LogP contribution in [0.2, 0.25) is 0 Å². The second-order valence-electron chi connectivity index (χ2n) is 10.4. The van der Waals surface area contributed by atoms with Gasteiger partial charge >= 0.3 is 53.9 Å². The number of hydrogen-bond donors (Lipinski definition) is 12. The van der Waals surface area contributed by atoms with Crippen molar-refractivity contribution < 1.29 is 73.8 Å². The number of carboxylic acid groups (broad SMARTS) is 6. The quantitative estimate of drug-likeness (QED) is 0.103. The molecule has 284 valence electrons. The Morgan fingerprint density at radius 1 is 0.519 bits per heavy atom. The normalized spacial score (nSPS) is 10.9. The Balaban J connectivity index is 0.000000970. The van der Waals surface area contributed by atoms with Gasteiger partial charge in [0.1, 0.15) is 12.1 Å². The highest BCUT2D eigenvalue weighted by atomic mass is 16.4. The van der Waals surface area contributed by atoms with Gasteiger partial charge in [-0.15, -0.1) is 0 Å². The van der Waals surface area contributed by atoms with E-state index in [0.29, 0.717) is 23.4 Å². The molecule has 0 bridgehead atoms. The van der Waals surface area contributed by atoms with Crippen molar-refractivity contribution in [2.75, 3.05) is 10.6 Å². The number of anilines is 2. The van der Waals surface area contributed by atoms with Crippen molar-refractivity contribution in [2.24, 2.45) is 11.5 Å². The number of aryl methyl sites for hydroxylation is 1. The Hall–Kier alpha value is -6.93. The molecule has 52 heavy (non-hydrogen) atoms. The van der Waals surface area contributed by atoms with Crippen molar-refractivity contribution in [3.63, 3.8) is 0 Å². The van der Waals surface area contributed by atoms with Gasteiger partial charge in [0, 0.05) is 43.5 Å². The van der Waals surface area contributed by atoms with Crippen LogP contribution < -0.4 is 32.7 Å². The maximum Gasteiger partial charge on any atom is 0.326 e. The minimum absolute atomic E-state index is 0.0368. The predicted octanol–water partition coefficient (Wildman–Crippen LogP) is 1.31. The SMILES string of the molecule is NC(=O)NC(CCC(=O)O)C(=O)O.NC(=O)NC(Cc1ccc(NC(=O)Nc2ccc(CCC(=O)O)cc2)cc1)C(=O)O.O=C(O)CCCC(=O)O. The Morgan fingerprint density at radius 3 is 1.27 bits per heavy atom. The highest BCUT2D eigenvalue weighted by Gasteiger charge is 2.20. The Kier molecular flexibility index (Phi) is 21.0. The minimum Gasteiger partial charge on any atom is -0.481 e. The molecule has 0 radical (unpaired) electrons. The third-order valence-electron chi connectivity index (χ3n) is 6.15. The number of nitrogens with two attached hydrogens (primary N) is 2. The van der Waals surface area contributed by atoms with E-state index in [2.05, 4.69) is 21.7 Å². The van der Waals surface area contributed by atoms with Crippen molar-refractivity contribution in [1.82, 2.24) is 10.6 Å². The Bertz CT molecular complexity index is 1530. The first-order valence-corrected chi connectivity index (χ1v) is 15.0. The van der Waals surface area contributed by atoms with E-state index in [0.717, 1.165) is 5.56 Å². The first-order chi connectivity index (χ1) is 24.3. The number of rotatable bonds is 18. The maximum absolute atomic E-state index is 12.1. The molecule has 0 saturated heterocycles. The first kappa shape index (κ1) is 45.1. The van der Waals surface area contributed by atoms with E-state index in [1.165, 1.54) is 0 Å². The van der Waals surface area contributed by atoms with E-state index in [1.54, 1.807) is 48.5 Å². The molecule has 0 aliphatic carbocycles. The smallest absolute Gasteiger partial charge is 0.326 e. The summed E-state index contributed by atoms with van der Waals surface area (Å²) in [7, 11) is 0. The zero-order chi connectivity index (χ0) is 39.8. The number of aliphatic carboxylic acids is 6. The van der Waals surface area contributed by atoms with Gasteiger partial charge in [-0.25, -0.2) is 24.0 Å². The van der Waals surface area contributed by atoms with E-state index in [9.17, 15) is 43.2 Å². The molecule has 0 aliphatic heterocycles. The van der Waals surface area contributed by atoms with Crippen LogP contribution in [0.4, 0.5) is 25.8 Å². The third-order valence-corrected chi connectivity index (χ3v) is 6.15. The highest BCUT2D eigenvalue weighted by molar-refractivity contribution is 5.99. The maximum atomic E-state index is 12.1. The van der Waals surface area contributed by atoms with Crippen LogP contribution in [-0.4, -0.2) is 96.6 Å². The predicted molar refractivity (Wildman–Crippen MR) is 179 cm³/mol. The van der Waals surface area contributed by atoms with Crippen molar-refractivity contribution in [3.8, 4) is 0 Å². The minimum atomic E-state index is -1.31. The van der Waals surface area contributed by atoms with Crippen LogP contribution in [0.3, 0.4) is 0 Å². The van der Waals surface area contributed by atoms with Gasteiger partial charge in [0.2, 0.25) is 0 Å². The number of nitrogens with one attached hydrogen (secondary N) is 4. The topological polar surface area (TPSA) is 375 Å². The van der Waals surface area contributed by atoms with Crippen LogP contribution in [0.25, 0.3) is 0 Å². The molecule has 14 N–H and O–H groups in total. The number of amides is 6. The number of carbonyl (C=O) groups excluding carboxylic acids is 3. The van der Waals surface area contributed by atoms with Crippen molar-refractivity contribution >= 4 is 65.3 Å². The fourth-order valence-corrected chi connectivity index (χ4v) is 3.72. The molecular formula is C31H40N6O15.